The van der Waals surface area contributed by atoms with E-state index in [0.29, 0.717) is 17.5 Å². The van der Waals surface area contributed by atoms with Crippen LogP contribution in [0.25, 0.3) is 111 Å². The van der Waals surface area contributed by atoms with Gasteiger partial charge < -0.3 is 4.42 Å². The average Bonchev–Trinajstić information content (AvgIpc) is 3.75. The van der Waals surface area contributed by atoms with Gasteiger partial charge in [0.25, 0.3) is 0 Å². The van der Waals surface area contributed by atoms with E-state index in [1.165, 1.54) is 38.4 Å². The first-order valence-electron chi connectivity index (χ1n) is 17.2. The third kappa shape index (κ3) is 4.23. The van der Waals surface area contributed by atoms with Gasteiger partial charge in [0.1, 0.15) is 11.2 Å². The maximum atomic E-state index is 6.69. The molecular weight excluding hydrogens is 623 g/mol. The van der Waals surface area contributed by atoms with Crippen LogP contribution in [0.5, 0.6) is 0 Å². The van der Waals surface area contributed by atoms with Crippen LogP contribution in [0.4, 0.5) is 0 Å². The van der Waals surface area contributed by atoms with Crippen LogP contribution in [0.15, 0.2) is 168 Å². The van der Waals surface area contributed by atoms with E-state index < -0.39 is 0 Å². The van der Waals surface area contributed by atoms with Crippen molar-refractivity contribution >= 4 is 43.5 Å². The molecule has 0 spiro atoms. The summed E-state index contributed by atoms with van der Waals surface area (Å²) in [5.41, 5.74) is 11.6. The molecular formula is C47H27N3O. The molecule has 0 unspecified atom stereocenters. The Labute approximate surface area is 293 Å². The summed E-state index contributed by atoms with van der Waals surface area (Å²) in [6.45, 7) is 0. The molecule has 4 nitrogen and oxygen atoms in total. The fourth-order valence-electron chi connectivity index (χ4n) is 7.95. The van der Waals surface area contributed by atoms with E-state index in [0.717, 1.165) is 55.1 Å². The molecule has 51 heavy (non-hydrogen) atoms. The lowest BCUT2D eigenvalue weighted by atomic mass is 9.97. The van der Waals surface area contributed by atoms with Crippen molar-refractivity contribution < 1.29 is 4.42 Å². The van der Waals surface area contributed by atoms with E-state index in [9.17, 15) is 0 Å². The molecule has 236 valence electrons. The maximum Gasteiger partial charge on any atom is 0.164 e. The molecule has 0 fully saturated rings. The number of para-hydroxylation sites is 1. The highest BCUT2D eigenvalue weighted by atomic mass is 16.3. The molecule has 0 aliphatic heterocycles. The van der Waals surface area contributed by atoms with Crippen LogP contribution >= 0.6 is 0 Å². The molecule has 1 aliphatic carbocycles. The highest BCUT2D eigenvalue weighted by Crippen LogP contribution is 2.49. The molecule has 0 bridgehead atoms. The zero-order valence-electron chi connectivity index (χ0n) is 27.3. The second kappa shape index (κ2) is 10.8. The first kappa shape index (κ1) is 28.0. The predicted molar refractivity (Wildman–Crippen MR) is 208 cm³/mol. The van der Waals surface area contributed by atoms with Gasteiger partial charge >= 0.3 is 0 Å². The van der Waals surface area contributed by atoms with Gasteiger partial charge in [0.2, 0.25) is 0 Å². The van der Waals surface area contributed by atoms with E-state index in [4.69, 9.17) is 19.4 Å². The van der Waals surface area contributed by atoms with Crippen LogP contribution in [-0.2, 0) is 0 Å². The summed E-state index contributed by atoms with van der Waals surface area (Å²) < 4.78 is 6.69. The van der Waals surface area contributed by atoms with Crippen LogP contribution in [0, 0.1) is 0 Å². The lowest BCUT2D eigenvalue weighted by Crippen LogP contribution is -2.01. The van der Waals surface area contributed by atoms with Crippen LogP contribution in [0.2, 0.25) is 0 Å². The van der Waals surface area contributed by atoms with Crippen LogP contribution in [0.1, 0.15) is 0 Å². The average molecular weight is 650 g/mol. The molecule has 0 saturated heterocycles. The number of rotatable bonds is 4. The minimum absolute atomic E-state index is 0.606. The standard InChI is InChI=1S/C47H27N3O/c1-2-12-29(13-3-1)45-48-46(38-26-25-37-34-16-7-6-15-33(34)35-18-9-19-36(38)42(35)37)50-47(49-45)40-21-10-22-41-43(40)39-20-8-17-32(44(39)51-41)31-24-23-28-11-4-5-14-30(28)27-31/h1-27H. The number of benzene rings is 8. The second-order valence-corrected chi connectivity index (χ2v) is 13.1. The summed E-state index contributed by atoms with van der Waals surface area (Å²) >= 11 is 0. The topological polar surface area (TPSA) is 51.8 Å². The Morgan fingerprint density at radius 3 is 1.78 bits per heavy atom. The van der Waals surface area contributed by atoms with Crippen LogP contribution in [0.3, 0.4) is 0 Å². The Morgan fingerprint density at radius 1 is 0.333 bits per heavy atom. The highest BCUT2D eigenvalue weighted by molar-refractivity contribution is 6.19. The third-order valence-corrected chi connectivity index (χ3v) is 10.3. The Balaban J connectivity index is 1.15. The van der Waals surface area contributed by atoms with Gasteiger partial charge in [-0.1, -0.05) is 146 Å². The molecule has 4 heteroatoms. The van der Waals surface area contributed by atoms with E-state index in [1.807, 2.05) is 30.3 Å². The zero-order chi connectivity index (χ0) is 33.5. The number of nitrogens with zero attached hydrogens (tertiary/aromatic N) is 3. The molecule has 0 radical (unpaired) electrons. The van der Waals surface area contributed by atoms with Crippen molar-refractivity contribution in [1.82, 2.24) is 15.0 Å². The van der Waals surface area contributed by atoms with Crippen molar-refractivity contribution in [3.05, 3.63) is 164 Å². The van der Waals surface area contributed by atoms with E-state index in [2.05, 4.69) is 133 Å². The molecule has 0 N–H and O–H groups in total. The maximum absolute atomic E-state index is 6.69. The smallest absolute Gasteiger partial charge is 0.164 e. The lowest BCUT2D eigenvalue weighted by Gasteiger charge is -2.12. The molecule has 0 saturated carbocycles. The first-order valence-corrected chi connectivity index (χ1v) is 17.2. The van der Waals surface area contributed by atoms with Crippen molar-refractivity contribution in [3.8, 4) is 67.5 Å². The van der Waals surface area contributed by atoms with Gasteiger partial charge in [-0.25, -0.2) is 15.0 Å². The SMILES string of the molecule is c1ccc(-c2nc(-c3ccc4c5c(cccc35)-c3ccccc3-4)nc(-c3cccc4oc5c(-c6ccc7ccccc7c6)cccc5c34)n2)cc1. The normalized spacial score (nSPS) is 11.9. The molecule has 10 aromatic rings. The van der Waals surface area contributed by atoms with Crippen molar-refractivity contribution in [1.29, 1.82) is 0 Å². The summed E-state index contributed by atoms with van der Waals surface area (Å²) in [5.74, 6) is 1.87. The van der Waals surface area contributed by atoms with Gasteiger partial charge in [0, 0.05) is 33.0 Å². The van der Waals surface area contributed by atoms with Gasteiger partial charge in [-0.3, -0.25) is 0 Å². The van der Waals surface area contributed by atoms with Gasteiger partial charge in [-0.15, -0.1) is 0 Å². The Morgan fingerprint density at radius 2 is 0.941 bits per heavy atom. The fraction of sp³-hybridized carbons (Fsp3) is 0. The van der Waals surface area contributed by atoms with Crippen LogP contribution in [-0.4, -0.2) is 15.0 Å². The third-order valence-electron chi connectivity index (χ3n) is 10.3. The van der Waals surface area contributed by atoms with E-state index >= 15 is 0 Å². The summed E-state index contributed by atoms with van der Waals surface area (Å²) in [6, 6.07) is 57.3. The van der Waals surface area contributed by atoms with E-state index in [1.54, 1.807) is 0 Å². The molecule has 2 aromatic heterocycles. The molecule has 1 aliphatic rings. The minimum Gasteiger partial charge on any atom is -0.455 e. The van der Waals surface area contributed by atoms with Gasteiger partial charge in [-0.2, -0.15) is 0 Å². The molecule has 11 rings (SSSR count). The summed E-state index contributed by atoms with van der Waals surface area (Å²) in [5, 5.41) is 6.79. The van der Waals surface area contributed by atoms with Crippen molar-refractivity contribution in [3.63, 3.8) is 0 Å². The van der Waals surface area contributed by atoms with Crippen LogP contribution < -0.4 is 0 Å². The fourth-order valence-corrected chi connectivity index (χ4v) is 7.95. The Bertz CT molecular complexity index is 3000. The van der Waals surface area contributed by atoms with Crippen molar-refractivity contribution in [2.75, 3.05) is 0 Å². The van der Waals surface area contributed by atoms with Gasteiger partial charge in [0.05, 0.1) is 0 Å². The predicted octanol–water partition coefficient (Wildman–Crippen LogP) is 12.4. The van der Waals surface area contributed by atoms with Gasteiger partial charge in [-0.05, 0) is 67.6 Å². The quantitative estimate of drug-likeness (QED) is 0.190. The van der Waals surface area contributed by atoms with Gasteiger partial charge in [0.15, 0.2) is 17.5 Å². The number of fused-ring (bicyclic) bond motifs is 7. The molecule has 0 amide bonds. The highest BCUT2D eigenvalue weighted by Gasteiger charge is 2.24. The Hall–Kier alpha value is -6.91. The second-order valence-electron chi connectivity index (χ2n) is 13.1. The molecule has 2 heterocycles. The Kier molecular flexibility index (Phi) is 5.92. The number of hydrogen-bond acceptors (Lipinski definition) is 4. The zero-order valence-corrected chi connectivity index (χ0v) is 27.3. The number of aromatic nitrogens is 3. The molecule has 0 atom stereocenters. The monoisotopic (exact) mass is 649 g/mol. The summed E-state index contributed by atoms with van der Waals surface area (Å²) in [7, 11) is 0. The number of hydrogen-bond donors (Lipinski definition) is 0. The largest absolute Gasteiger partial charge is 0.455 e. The van der Waals surface area contributed by atoms with Crippen molar-refractivity contribution in [2.24, 2.45) is 0 Å². The minimum atomic E-state index is 0.606. The summed E-state index contributed by atoms with van der Waals surface area (Å²) in [4.78, 5) is 15.6. The lowest BCUT2D eigenvalue weighted by molar-refractivity contribution is 0.670. The van der Waals surface area contributed by atoms with E-state index in [-0.39, 0.29) is 0 Å². The van der Waals surface area contributed by atoms with Crippen molar-refractivity contribution in [2.45, 2.75) is 0 Å². The number of furan rings is 1. The molecule has 8 aromatic carbocycles. The summed E-state index contributed by atoms with van der Waals surface area (Å²) in [6.07, 6.45) is 0. The first-order chi connectivity index (χ1) is 25.3.